The highest BCUT2D eigenvalue weighted by Gasteiger charge is 2.46. The average molecular weight is 254 g/mol. The summed E-state index contributed by atoms with van der Waals surface area (Å²) in [5.74, 6) is -0.514. The van der Waals surface area contributed by atoms with Crippen LogP contribution in [0.25, 0.3) is 0 Å². The fourth-order valence-corrected chi connectivity index (χ4v) is 3.82. The Bertz CT molecular complexity index is 600. The highest BCUT2D eigenvalue weighted by Crippen LogP contribution is 2.36. The van der Waals surface area contributed by atoms with Gasteiger partial charge < -0.3 is 5.73 Å². The number of rotatable bonds is 0. The Labute approximate surface area is 100 Å². The Balaban J connectivity index is 2.73. The van der Waals surface area contributed by atoms with Crippen LogP contribution in [0.2, 0.25) is 0 Å². The molecular formula is C11H14N2O3S. The van der Waals surface area contributed by atoms with E-state index in [0.29, 0.717) is 5.69 Å². The predicted molar refractivity (Wildman–Crippen MR) is 64.0 cm³/mol. The lowest BCUT2D eigenvalue weighted by Gasteiger charge is -2.29. The van der Waals surface area contributed by atoms with Crippen LogP contribution in [0.3, 0.4) is 0 Å². The highest BCUT2D eigenvalue weighted by atomic mass is 32.2. The molecule has 1 aliphatic rings. The lowest BCUT2D eigenvalue weighted by Crippen LogP contribution is -2.45. The third kappa shape index (κ3) is 1.59. The maximum atomic E-state index is 12.2. The Morgan fingerprint density at radius 1 is 1.24 bits per heavy atom. The summed E-state index contributed by atoms with van der Waals surface area (Å²) in [7, 11) is -3.74. The molecule has 0 aliphatic carbocycles. The van der Waals surface area contributed by atoms with E-state index >= 15 is 0 Å². The zero-order valence-electron chi connectivity index (χ0n) is 9.89. The topological polar surface area (TPSA) is 80.5 Å². The summed E-state index contributed by atoms with van der Waals surface area (Å²) in [6, 6.07) is 4.26. The summed E-state index contributed by atoms with van der Waals surface area (Å²) in [5, 5.41) is 0. The molecule has 0 atom stereocenters. The Hall–Kier alpha value is -1.56. The number of hydrogen-bond acceptors (Lipinski definition) is 4. The summed E-state index contributed by atoms with van der Waals surface area (Å²) in [5.41, 5.74) is 5.31. The van der Waals surface area contributed by atoms with Crippen LogP contribution in [0.4, 0.5) is 5.69 Å². The van der Waals surface area contributed by atoms with Crippen molar-refractivity contribution < 1.29 is 13.2 Å². The minimum atomic E-state index is -3.74. The van der Waals surface area contributed by atoms with E-state index in [1.54, 1.807) is 20.8 Å². The van der Waals surface area contributed by atoms with Gasteiger partial charge in [0.05, 0.1) is 11.1 Å². The van der Waals surface area contributed by atoms with Gasteiger partial charge in [-0.2, -0.15) is 0 Å². The van der Waals surface area contributed by atoms with Gasteiger partial charge >= 0.3 is 0 Å². The zero-order valence-corrected chi connectivity index (χ0v) is 10.7. The van der Waals surface area contributed by atoms with Gasteiger partial charge in [-0.1, -0.05) is 0 Å². The maximum absolute atomic E-state index is 12.2. The van der Waals surface area contributed by atoms with Gasteiger partial charge in [0.15, 0.2) is 0 Å². The number of nitrogens with two attached hydrogens (primary N) is 1. The van der Waals surface area contributed by atoms with E-state index in [1.165, 1.54) is 18.2 Å². The second-order valence-electron chi connectivity index (χ2n) is 5.00. The van der Waals surface area contributed by atoms with Crippen molar-refractivity contribution in [2.45, 2.75) is 31.2 Å². The van der Waals surface area contributed by atoms with Crippen molar-refractivity contribution in [3.05, 3.63) is 23.8 Å². The van der Waals surface area contributed by atoms with E-state index in [2.05, 4.69) is 0 Å². The molecule has 1 aliphatic heterocycles. The smallest absolute Gasteiger partial charge is 0.269 e. The van der Waals surface area contributed by atoms with Gasteiger partial charge in [-0.15, -0.1) is 0 Å². The minimum Gasteiger partial charge on any atom is -0.399 e. The molecule has 0 spiro atoms. The number of amides is 1. The van der Waals surface area contributed by atoms with Crippen molar-refractivity contribution in [3.63, 3.8) is 0 Å². The fraction of sp³-hybridized carbons (Fsp3) is 0.364. The molecule has 6 heteroatoms. The number of benzene rings is 1. The molecule has 0 saturated heterocycles. The first-order chi connectivity index (χ1) is 7.65. The van der Waals surface area contributed by atoms with Crippen molar-refractivity contribution in [3.8, 4) is 0 Å². The lowest BCUT2D eigenvalue weighted by molar-refractivity contribution is 0.0788. The molecule has 1 aromatic rings. The van der Waals surface area contributed by atoms with Gasteiger partial charge in [-0.05, 0) is 39.0 Å². The van der Waals surface area contributed by atoms with E-state index < -0.39 is 21.5 Å². The zero-order chi connectivity index (χ0) is 13.0. The summed E-state index contributed by atoms with van der Waals surface area (Å²) < 4.78 is 25.3. The van der Waals surface area contributed by atoms with E-state index in [4.69, 9.17) is 5.73 Å². The first-order valence-corrected chi connectivity index (χ1v) is 6.59. The molecule has 0 radical (unpaired) electrons. The van der Waals surface area contributed by atoms with Crippen molar-refractivity contribution in [1.29, 1.82) is 0 Å². The number of hydrogen-bond donors (Lipinski definition) is 1. The van der Waals surface area contributed by atoms with Crippen LogP contribution in [0, 0.1) is 0 Å². The highest BCUT2D eigenvalue weighted by molar-refractivity contribution is 7.90. The van der Waals surface area contributed by atoms with Crippen LogP contribution < -0.4 is 5.73 Å². The molecule has 17 heavy (non-hydrogen) atoms. The molecule has 1 aromatic carbocycles. The number of sulfonamides is 1. The minimum absolute atomic E-state index is 0.0339. The van der Waals surface area contributed by atoms with Crippen LogP contribution in [0.5, 0.6) is 0 Å². The number of fused-ring (bicyclic) bond motifs is 1. The molecule has 92 valence electrons. The second kappa shape index (κ2) is 3.22. The molecule has 0 fully saturated rings. The number of nitrogen functional groups attached to an aromatic ring is 1. The van der Waals surface area contributed by atoms with Crippen molar-refractivity contribution in [1.82, 2.24) is 4.31 Å². The predicted octanol–water partition coefficient (Wildman–Crippen LogP) is 1.21. The van der Waals surface area contributed by atoms with E-state index in [1.807, 2.05) is 0 Å². The first kappa shape index (κ1) is 11.9. The molecule has 2 N–H and O–H groups in total. The summed E-state index contributed by atoms with van der Waals surface area (Å²) in [6.45, 7) is 5.03. The molecular weight excluding hydrogens is 240 g/mol. The summed E-state index contributed by atoms with van der Waals surface area (Å²) in [4.78, 5) is 12.1. The van der Waals surface area contributed by atoms with Crippen LogP contribution in [0.15, 0.2) is 23.1 Å². The summed E-state index contributed by atoms with van der Waals surface area (Å²) in [6.07, 6.45) is 0. The third-order valence-electron chi connectivity index (χ3n) is 2.55. The van der Waals surface area contributed by atoms with Crippen LogP contribution in [-0.2, 0) is 10.0 Å². The number of nitrogens with zero attached hydrogens (tertiary/aromatic N) is 1. The number of anilines is 1. The Morgan fingerprint density at radius 3 is 2.35 bits per heavy atom. The molecule has 1 amide bonds. The van der Waals surface area contributed by atoms with Gasteiger partial charge in [0.1, 0.15) is 4.90 Å². The maximum Gasteiger partial charge on any atom is 0.269 e. The number of carbonyl (C=O) groups is 1. The second-order valence-corrected chi connectivity index (χ2v) is 6.76. The quantitative estimate of drug-likeness (QED) is 0.706. The molecule has 2 rings (SSSR count). The van der Waals surface area contributed by atoms with Gasteiger partial charge in [0, 0.05) is 5.69 Å². The molecule has 5 nitrogen and oxygen atoms in total. The van der Waals surface area contributed by atoms with Gasteiger partial charge in [-0.3, -0.25) is 4.79 Å². The standard InChI is InChI=1S/C11H14N2O3S/c1-11(2,3)13-10(14)8-6-7(12)4-5-9(8)17(13,15)16/h4-6H,12H2,1-3H3. The summed E-state index contributed by atoms with van der Waals surface area (Å²) >= 11 is 0. The van der Waals surface area contributed by atoms with Crippen molar-refractivity contribution in [2.75, 3.05) is 5.73 Å². The lowest BCUT2D eigenvalue weighted by atomic mass is 10.1. The largest absolute Gasteiger partial charge is 0.399 e. The molecule has 0 bridgehead atoms. The fourth-order valence-electron chi connectivity index (χ4n) is 1.92. The number of carbonyl (C=O) groups excluding carboxylic acids is 1. The normalized spacial score (nSPS) is 18.3. The van der Waals surface area contributed by atoms with Gasteiger partial charge in [-0.25, -0.2) is 12.7 Å². The van der Waals surface area contributed by atoms with Gasteiger partial charge in [0.2, 0.25) is 0 Å². The van der Waals surface area contributed by atoms with Gasteiger partial charge in [0.25, 0.3) is 15.9 Å². The Kier molecular flexibility index (Phi) is 2.26. The van der Waals surface area contributed by atoms with E-state index in [0.717, 1.165) is 4.31 Å². The average Bonchev–Trinajstić information content (AvgIpc) is 2.32. The third-order valence-corrected chi connectivity index (χ3v) is 4.65. The van der Waals surface area contributed by atoms with E-state index in [-0.39, 0.29) is 10.5 Å². The monoisotopic (exact) mass is 254 g/mol. The van der Waals surface area contributed by atoms with Crippen LogP contribution in [0.1, 0.15) is 31.1 Å². The molecule has 1 heterocycles. The van der Waals surface area contributed by atoms with Crippen molar-refractivity contribution in [2.24, 2.45) is 0 Å². The molecule has 0 aromatic heterocycles. The molecule has 0 saturated carbocycles. The first-order valence-electron chi connectivity index (χ1n) is 5.15. The molecule has 0 unspecified atom stereocenters. The van der Waals surface area contributed by atoms with Crippen molar-refractivity contribution >= 4 is 21.6 Å². The van der Waals surface area contributed by atoms with Crippen LogP contribution in [-0.4, -0.2) is 24.2 Å². The van der Waals surface area contributed by atoms with E-state index in [9.17, 15) is 13.2 Å². The Morgan fingerprint density at radius 2 is 1.82 bits per heavy atom. The SMILES string of the molecule is CC(C)(C)N1C(=O)c2cc(N)ccc2S1(=O)=O. The van der Waals surface area contributed by atoms with Crippen LogP contribution >= 0.6 is 0 Å².